The highest BCUT2D eigenvalue weighted by atomic mass is 32.2. The van der Waals surface area contributed by atoms with E-state index in [2.05, 4.69) is 5.32 Å². The van der Waals surface area contributed by atoms with Gasteiger partial charge < -0.3 is 15.3 Å². The molecule has 1 saturated heterocycles. The number of nitrogens with one attached hydrogen (secondary N) is 1. The second-order valence-corrected chi connectivity index (χ2v) is 8.60. The summed E-state index contributed by atoms with van der Waals surface area (Å²) in [6.45, 7) is 6.54. The smallest absolute Gasteiger partial charge is 0.305 e. The first-order valence-electron chi connectivity index (χ1n) is 8.66. The van der Waals surface area contributed by atoms with E-state index in [9.17, 15) is 14.4 Å². The number of amides is 2. The fourth-order valence-electron chi connectivity index (χ4n) is 2.67. The molecule has 0 bridgehead atoms. The lowest BCUT2D eigenvalue weighted by Gasteiger charge is -2.34. The SMILES string of the molecule is CC(C)(C)C(=O)NCc1ccc(C(=O)N2CCSCC2CC(=O)O)cc1. The highest BCUT2D eigenvalue weighted by Gasteiger charge is 2.29. The molecule has 1 heterocycles. The van der Waals surface area contributed by atoms with Gasteiger partial charge in [0.1, 0.15) is 0 Å². The van der Waals surface area contributed by atoms with Crippen molar-refractivity contribution in [2.45, 2.75) is 39.8 Å². The van der Waals surface area contributed by atoms with Gasteiger partial charge in [0, 0.05) is 35.6 Å². The maximum atomic E-state index is 12.8. The molecule has 26 heavy (non-hydrogen) atoms. The molecular weight excluding hydrogens is 352 g/mol. The molecule has 0 radical (unpaired) electrons. The fourth-order valence-corrected chi connectivity index (χ4v) is 3.73. The first kappa shape index (κ1) is 20.3. The van der Waals surface area contributed by atoms with Crippen molar-refractivity contribution in [2.75, 3.05) is 18.1 Å². The zero-order valence-corrected chi connectivity index (χ0v) is 16.3. The van der Waals surface area contributed by atoms with Gasteiger partial charge in [-0.2, -0.15) is 11.8 Å². The molecule has 0 saturated carbocycles. The third-order valence-electron chi connectivity index (χ3n) is 4.23. The van der Waals surface area contributed by atoms with Crippen LogP contribution < -0.4 is 5.32 Å². The van der Waals surface area contributed by atoms with Crippen molar-refractivity contribution in [1.82, 2.24) is 10.2 Å². The van der Waals surface area contributed by atoms with Gasteiger partial charge in [0.2, 0.25) is 5.91 Å². The number of rotatable bonds is 5. The Morgan fingerprint density at radius 2 is 1.88 bits per heavy atom. The predicted molar refractivity (Wildman–Crippen MR) is 102 cm³/mol. The minimum absolute atomic E-state index is 0.0278. The van der Waals surface area contributed by atoms with E-state index in [1.54, 1.807) is 28.8 Å². The molecule has 7 heteroatoms. The van der Waals surface area contributed by atoms with Crippen molar-refractivity contribution in [1.29, 1.82) is 0 Å². The lowest BCUT2D eigenvalue weighted by Crippen LogP contribution is -2.47. The van der Waals surface area contributed by atoms with Crippen LogP contribution in [0.4, 0.5) is 0 Å². The first-order valence-corrected chi connectivity index (χ1v) is 9.81. The van der Waals surface area contributed by atoms with E-state index in [1.165, 1.54) is 0 Å². The van der Waals surface area contributed by atoms with Crippen molar-refractivity contribution in [3.05, 3.63) is 35.4 Å². The number of thioether (sulfide) groups is 1. The van der Waals surface area contributed by atoms with Crippen LogP contribution in [0.15, 0.2) is 24.3 Å². The summed E-state index contributed by atoms with van der Waals surface area (Å²) in [5.74, 6) is 0.412. The van der Waals surface area contributed by atoms with Crippen molar-refractivity contribution in [3.63, 3.8) is 0 Å². The standard InChI is InChI=1S/C19H26N2O4S/c1-19(2,3)18(25)20-11-13-4-6-14(7-5-13)17(24)21-8-9-26-12-15(21)10-16(22)23/h4-7,15H,8-12H2,1-3H3,(H,20,25)(H,22,23). The summed E-state index contributed by atoms with van der Waals surface area (Å²) in [6, 6.07) is 6.84. The molecule has 1 aliphatic heterocycles. The summed E-state index contributed by atoms with van der Waals surface area (Å²) in [5.41, 5.74) is 1.01. The van der Waals surface area contributed by atoms with Crippen molar-refractivity contribution >= 4 is 29.5 Å². The maximum Gasteiger partial charge on any atom is 0.305 e. The van der Waals surface area contributed by atoms with Gasteiger partial charge in [-0.15, -0.1) is 0 Å². The molecule has 1 aromatic rings. The average molecular weight is 378 g/mol. The summed E-state index contributed by atoms with van der Waals surface area (Å²) in [6.07, 6.45) is -0.0321. The number of carbonyl (C=O) groups is 3. The van der Waals surface area contributed by atoms with Gasteiger partial charge in [0.15, 0.2) is 0 Å². The van der Waals surface area contributed by atoms with Crippen LogP contribution >= 0.6 is 11.8 Å². The molecule has 2 N–H and O–H groups in total. The second-order valence-electron chi connectivity index (χ2n) is 7.45. The Labute approximate surface area is 158 Å². The lowest BCUT2D eigenvalue weighted by atomic mass is 9.95. The summed E-state index contributed by atoms with van der Waals surface area (Å²) < 4.78 is 0. The molecule has 0 spiro atoms. The van der Waals surface area contributed by atoms with Crippen molar-refractivity contribution in [3.8, 4) is 0 Å². The number of aliphatic carboxylic acids is 1. The van der Waals surface area contributed by atoms with Gasteiger partial charge in [-0.25, -0.2) is 0 Å². The highest BCUT2D eigenvalue weighted by molar-refractivity contribution is 7.99. The number of carboxylic acids is 1. The number of benzene rings is 1. The zero-order chi connectivity index (χ0) is 19.3. The Balaban J connectivity index is 2.01. The Morgan fingerprint density at radius 3 is 2.46 bits per heavy atom. The van der Waals surface area contributed by atoms with E-state index < -0.39 is 11.4 Å². The van der Waals surface area contributed by atoms with Gasteiger partial charge in [-0.3, -0.25) is 14.4 Å². The monoisotopic (exact) mass is 378 g/mol. The largest absolute Gasteiger partial charge is 0.481 e. The number of nitrogens with zero attached hydrogens (tertiary/aromatic N) is 1. The molecule has 1 aromatic carbocycles. The van der Waals surface area contributed by atoms with Crippen LogP contribution in [0.3, 0.4) is 0 Å². The van der Waals surface area contributed by atoms with E-state index in [-0.39, 0.29) is 24.3 Å². The Kier molecular flexibility index (Phi) is 6.69. The molecule has 0 aliphatic carbocycles. The first-order chi connectivity index (χ1) is 12.2. The molecule has 1 fully saturated rings. The molecule has 0 aromatic heterocycles. The molecule has 1 aliphatic rings. The summed E-state index contributed by atoms with van der Waals surface area (Å²) in [7, 11) is 0. The Morgan fingerprint density at radius 1 is 1.23 bits per heavy atom. The maximum absolute atomic E-state index is 12.8. The molecule has 142 valence electrons. The Hall–Kier alpha value is -2.02. The van der Waals surface area contributed by atoms with Crippen LogP contribution in [0.5, 0.6) is 0 Å². The number of carbonyl (C=O) groups excluding carboxylic acids is 2. The van der Waals surface area contributed by atoms with E-state index in [0.29, 0.717) is 24.4 Å². The van der Waals surface area contributed by atoms with Gasteiger partial charge in [0.05, 0.1) is 12.5 Å². The van der Waals surface area contributed by atoms with E-state index in [1.807, 2.05) is 32.9 Å². The Bertz CT molecular complexity index is 667. The van der Waals surface area contributed by atoms with Gasteiger partial charge in [-0.05, 0) is 17.7 Å². The minimum atomic E-state index is -0.889. The molecule has 6 nitrogen and oxygen atoms in total. The van der Waals surface area contributed by atoms with Crippen LogP contribution in [0.2, 0.25) is 0 Å². The highest BCUT2D eigenvalue weighted by Crippen LogP contribution is 2.21. The second kappa shape index (κ2) is 8.58. The topological polar surface area (TPSA) is 86.7 Å². The van der Waals surface area contributed by atoms with Crippen molar-refractivity contribution in [2.24, 2.45) is 5.41 Å². The van der Waals surface area contributed by atoms with Gasteiger partial charge in [-0.1, -0.05) is 32.9 Å². The van der Waals surface area contributed by atoms with Crippen LogP contribution in [0.1, 0.15) is 43.1 Å². The third kappa shape index (κ3) is 5.49. The van der Waals surface area contributed by atoms with E-state index in [4.69, 9.17) is 5.11 Å². The molecular formula is C19H26N2O4S. The van der Waals surface area contributed by atoms with Gasteiger partial charge in [0.25, 0.3) is 5.91 Å². The summed E-state index contributed by atoms with van der Waals surface area (Å²) >= 11 is 1.68. The number of hydrogen-bond donors (Lipinski definition) is 2. The number of hydrogen-bond acceptors (Lipinski definition) is 4. The van der Waals surface area contributed by atoms with E-state index in [0.717, 1.165) is 11.3 Å². The van der Waals surface area contributed by atoms with Crippen molar-refractivity contribution < 1.29 is 19.5 Å². The van der Waals surface area contributed by atoms with E-state index >= 15 is 0 Å². The van der Waals surface area contributed by atoms with Crippen LogP contribution in [0.25, 0.3) is 0 Å². The minimum Gasteiger partial charge on any atom is -0.481 e. The predicted octanol–water partition coefficient (Wildman–Crippen LogP) is 2.38. The van der Waals surface area contributed by atoms with Crippen LogP contribution in [-0.2, 0) is 16.1 Å². The normalized spacial score (nSPS) is 17.7. The van der Waals surface area contributed by atoms with Crippen LogP contribution in [-0.4, -0.2) is 51.9 Å². The van der Waals surface area contributed by atoms with Gasteiger partial charge >= 0.3 is 5.97 Å². The molecule has 1 unspecified atom stereocenters. The van der Waals surface area contributed by atoms with Crippen LogP contribution in [0, 0.1) is 5.41 Å². The third-order valence-corrected chi connectivity index (χ3v) is 5.33. The summed E-state index contributed by atoms with van der Waals surface area (Å²) in [5, 5.41) is 11.9. The number of carboxylic acid groups (broad SMARTS) is 1. The lowest BCUT2D eigenvalue weighted by molar-refractivity contribution is -0.138. The quantitative estimate of drug-likeness (QED) is 0.821. The average Bonchev–Trinajstić information content (AvgIpc) is 2.58. The molecule has 2 rings (SSSR count). The molecule has 2 amide bonds. The fraction of sp³-hybridized carbons (Fsp3) is 0.526. The molecule has 1 atom stereocenters. The summed E-state index contributed by atoms with van der Waals surface area (Å²) in [4.78, 5) is 37.4. The zero-order valence-electron chi connectivity index (χ0n) is 15.4.